The van der Waals surface area contributed by atoms with E-state index in [1.54, 1.807) is 4.90 Å². The molecule has 4 amide bonds. The minimum Gasteiger partial charge on any atom is -0.370 e. The molecule has 2 aromatic rings. The van der Waals surface area contributed by atoms with Crippen molar-refractivity contribution in [1.82, 2.24) is 19.7 Å². The lowest BCUT2D eigenvalue weighted by atomic mass is 9.71. The molecule has 4 aliphatic rings. The van der Waals surface area contributed by atoms with Gasteiger partial charge < -0.3 is 19.3 Å². The van der Waals surface area contributed by atoms with E-state index in [1.165, 1.54) is 0 Å². The molecule has 3 saturated heterocycles. The Balaban J connectivity index is 1.12. The van der Waals surface area contributed by atoms with Gasteiger partial charge in [-0.05, 0) is 43.5 Å². The maximum absolute atomic E-state index is 13.1. The van der Waals surface area contributed by atoms with Crippen LogP contribution in [0.15, 0.2) is 36.5 Å². The second-order valence-electron chi connectivity index (χ2n) is 10.4. The van der Waals surface area contributed by atoms with Crippen LogP contribution < -0.4 is 10.2 Å². The van der Waals surface area contributed by atoms with E-state index in [9.17, 15) is 19.2 Å². The monoisotopic (exact) mass is 475 g/mol. The van der Waals surface area contributed by atoms with Crippen LogP contribution in [0.4, 0.5) is 5.69 Å². The first-order valence-electron chi connectivity index (χ1n) is 12.3. The Labute approximate surface area is 203 Å². The predicted octanol–water partition coefficient (Wildman–Crippen LogP) is 1.53. The van der Waals surface area contributed by atoms with Crippen LogP contribution in [-0.4, -0.2) is 70.2 Å². The topological polar surface area (TPSA) is 95.0 Å². The van der Waals surface area contributed by atoms with Crippen LogP contribution in [0.25, 0.3) is 0 Å². The Bertz CT molecular complexity index is 1230. The zero-order valence-corrected chi connectivity index (χ0v) is 19.8. The first-order valence-corrected chi connectivity index (χ1v) is 12.3. The molecule has 0 aliphatic carbocycles. The second kappa shape index (κ2) is 7.96. The molecule has 9 nitrogen and oxygen atoms in total. The number of rotatable bonds is 3. The van der Waals surface area contributed by atoms with Crippen LogP contribution in [0.1, 0.15) is 52.1 Å². The molecule has 5 heterocycles. The molecule has 3 fully saturated rings. The van der Waals surface area contributed by atoms with Gasteiger partial charge in [-0.1, -0.05) is 6.07 Å². The van der Waals surface area contributed by atoms with Crippen molar-refractivity contribution in [2.75, 3.05) is 31.1 Å². The van der Waals surface area contributed by atoms with Gasteiger partial charge in [0.25, 0.3) is 11.8 Å². The van der Waals surface area contributed by atoms with Gasteiger partial charge in [-0.15, -0.1) is 0 Å². The molecule has 182 valence electrons. The fourth-order valence-electron chi connectivity index (χ4n) is 6.15. The molecule has 0 saturated carbocycles. The van der Waals surface area contributed by atoms with Gasteiger partial charge >= 0.3 is 0 Å². The van der Waals surface area contributed by atoms with Crippen molar-refractivity contribution in [3.05, 3.63) is 53.3 Å². The summed E-state index contributed by atoms with van der Waals surface area (Å²) in [6.45, 7) is 3.71. The molecule has 1 unspecified atom stereocenters. The van der Waals surface area contributed by atoms with E-state index in [4.69, 9.17) is 0 Å². The number of benzene rings is 1. The smallest absolute Gasteiger partial charge is 0.270 e. The number of carbonyl (C=O) groups is 4. The molecule has 0 radical (unpaired) electrons. The summed E-state index contributed by atoms with van der Waals surface area (Å²) in [7, 11) is 1.90. The number of carbonyl (C=O) groups excluding carboxylic acids is 4. The van der Waals surface area contributed by atoms with Gasteiger partial charge in [-0.3, -0.25) is 24.5 Å². The van der Waals surface area contributed by atoms with Gasteiger partial charge in [0.2, 0.25) is 11.8 Å². The van der Waals surface area contributed by atoms with E-state index in [1.807, 2.05) is 47.0 Å². The number of anilines is 1. The number of amides is 4. The Kier molecular flexibility index (Phi) is 4.98. The summed E-state index contributed by atoms with van der Waals surface area (Å²) < 4.78 is 1.87. The molecular weight excluding hydrogens is 446 g/mol. The summed E-state index contributed by atoms with van der Waals surface area (Å²) in [4.78, 5) is 55.8. The summed E-state index contributed by atoms with van der Waals surface area (Å²) in [5.41, 5.74) is 3.59. The lowest BCUT2D eigenvalue weighted by Gasteiger charge is -2.55. The number of aromatic nitrogens is 1. The highest BCUT2D eigenvalue weighted by Crippen LogP contribution is 2.45. The first-order chi connectivity index (χ1) is 16.8. The summed E-state index contributed by atoms with van der Waals surface area (Å²) in [6, 6.07) is 8.96. The first kappa shape index (κ1) is 21.9. The van der Waals surface area contributed by atoms with E-state index in [2.05, 4.69) is 16.3 Å². The third kappa shape index (κ3) is 3.52. The minimum atomic E-state index is -0.603. The van der Waals surface area contributed by atoms with Crippen LogP contribution in [-0.2, 0) is 23.2 Å². The number of hydrogen-bond donors (Lipinski definition) is 1. The minimum absolute atomic E-state index is 0.0939. The molecule has 4 aliphatic heterocycles. The third-order valence-electron chi connectivity index (χ3n) is 8.22. The maximum Gasteiger partial charge on any atom is 0.270 e. The number of fused-ring (bicyclic) bond motifs is 1. The van der Waals surface area contributed by atoms with Crippen molar-refractivity contribution in [1.29, 1.82) is 0 Å². The van der Waals surface area contributed by atoms with Gasteiger partial charge in [0, 0.05) is 74.6 Å². The Morgan fingerprint density at radius 1 is 1.06 bits per heavy atom. The molecule has 1 aromatic carbocycles. The predicted molar refractivity (Wildman–Crippen MR) is 128 cm³/mol. The van der Waals surface area contributed by atoms with Gasteiger partial charge in [0.05, 0.1) is 0 Å². The largest absolute Gasteiger partial charge is 0.370 e. The van der Waals surface area contributed by atoms with E-state index < -0.39 is 6.04 Å². The Morgan fingerprint density at radius 2 is 1.83 bits per heavy atom. The Morgan fingerprint density at radius 3 is 2.51 bits per heavy atom. The van der Waals surface area contributed by atoms with E-state index >= 15 is 0 Å². The number of piperidine rings is 2. The van der Waals surface area contributed by atoms with E-state index in [0.717, 1.165) is 56.0 Å². The molecule has 0 bridgehead atoms. The summed E-state index contributed by atoms with van der Waals surface area (Å²) >= 11 is 0. The zero-order chi connectivity index (χ0) is 24.3. The third-order valence-corrected chi connectivity index (χ3v) is 8.22. The van der Waals surface area contributed by atoms with Crippen LogP contribution >= 0.6 is 0 Å². The van der Waals surface area contributed by atoms with Crippen molar-refractivity contribution in [2.45, 2.75) is 38.3 Å². The summed E-state index contributed by atoms with van der Waals surface area (Å²) in [5.74, 6) is -0.711. The van der Waals surface area contributed by atoms with Gasteiger partial charge in [-0.25, -0.2) is 0 Å². The SMILES string of the molecule is Cn1cccc1C(=O)N1CCC2(CC1)CN(c1cccc3c1CN(C1CCC(=O)NC1=O)C3=O)C2. The van der Waals surface area contributed by atoms with E-state index in [-0.39, 0.29) is 35.5 Å². The number of nitrogens with one attached hydrogen (secondary N) is 1. The highest BCUT2D eigenvalue weighted by molar-refractivity contribution is 6.06. The normalized spacial score (nSPS) is 23.4. The maximum atomic E-state index is 13.1. The standard InChI is InChI=1S/C26H29N5O4/c1-28-11-3-6-21(28)25(35)29-12-9-26(10-13-29)15-30(16-26)19-5-2-4-17-18(19)14-31(24(17)34)20-7-8-22(32)27-23(20)33/h2-6,11,20H,7-10,12-16H2,1H3,(H,27,32,33). The van der Waals surface area contributed by atoms with Crippen LogP contribution in [0.5, 0.6) is 0 Å². The number of aryl methyl sites for hydroxylation is 1. The second-order valence-corrected chi connectivity index (χ2v) is 10.4. The molecule has 1 spiro atoms. The van der Waals surface area contributed by atoms with Crippen molar-refractivity contribution < 1.29 is 19.2 Å². The number of likely N-dealkylation sites (tertiary alicyclic amines) is 1. The average Bonchev–Trinajstić information content (AvgIpc) is 3.40. The van der Waals surface area contributed by atoms with Crippen LogP contribution in [0.3, 0.4) is 0 Å². The number of imide groups is 1. The molecule has 1 aromatic heterocycles. The molecule has 9 heteroatoms. The fourth-order valence-corrected chi connectivity index (χ4v) is 6.15. The molecule has 6 rings (SSSR count). The number of nitrogens with zero attached hydrogens (tertiary/aromatic N) is 4. The Hall–Kier alpha value is -3.62. The zero-order valence-electron chi connectivity index (χ0n) is 19.8. The van der Waals surface area contributed by atoms with E-state index in [0.29, 0.717) is 18.5 Å². The van der Waals surface area contributed by atoms with Crippen molar-refractivity contribution in [2.24, 2.45) is 12.5 Å². The molecule has 1 N–H and O–H groups in total. The van der Waals surface area contributed by atoms with Gasteiger partial charge in [0.15, 0.2) is 0 Å². The highest BCUT2D eigenvalue weighted by Gasteiger charge is 2.47. The van der Waals surface area contributed by atoms with Crippen molar-refractivity contribution >= 4 is 29.3 Å². The van der Waals surface area contributed by atoms with Crippen LogP contribution in [0.2, 0.25) is 0 Å². The molecular formula is C26H29N5O4. The summed E-state index contributed by atoms with van der Waals surface area (Å²) in [5, 5.41) is 2.36. The molecule has 35 heavy (non-hydrogen) atoms. The lowest BCUT2D eigenvalue weighted by molar-refractivity contribution is -0.136. The lowest BCUT2D eigenvalue weighted by Crippen LogP contribution is -2.61. The molecule has 1 atom stereocenters. The van der Waals surface area contributed by atoms with Gasteiger partial charge in [-0.2, -0.15) is 0 Å². The quantitative estimate of drug-likeness (QED) is 0.680. The van der Waals surface area contributed by atoms with Crippen LogP contribution in [0, 0.1) is 5.41 Å². The van der Waals surface area contributed by atoms with Crippen molar-refractivity contribution in [3.63, 3.8) is 0 Å². The average molecular weight is 476 g/mol. The van der Waals surface area contributed by atoms with Gasteiger partial charge in [0.1, 0.15) is 11.7 Å². The number of hydrogen-bond acceptors (Lipinski definition) is 5. The fraction of sp³-hybridized carbons (Fsp3) is 0.462. The summed E-state index contributed by atoms with van der Waals surface area (Å²) in [6.07, 6.45) is 4.45. The highest BCUT2D eigenvalue weighted by atomic mass is 16.2. The van der Waals surface area contributed by atoms with Crippen molar-refractivity contribution in [3.8, 4) is 0 Å².